The van der Waals surface area contributed by atoms with Crippen LogP contribution in [0.1, 0.15) is 33.9 Å². The van der Waals surface area contributed by atoms with Gasteiger partial charge in [0.05, 0.1) is 13.2 Å². The lowest BCUT2D eigenvalue weighted by molar-refractivity contribution is 0.0284. The molecule has 1 atom stereocenters. The molecule has 2 aromatic rings. The van der Waals surface area contributed by atoms with Gasteiger partial charge < -0.3 is 24.3 Å². The van der Waals surface area contributed by atoms with Crippen LogP contribution in [0.15, 0.2) is 22.7 Å². The first-order valence-corrected chi connectivity index (χ1v) is 9.97. The van der Waals surface area contributed by atoms with Gasteiger partial charge in [0.1, 0.15) is 11.3 Å². The molecular formula is C20H24N4O4. The van der Waals surface area contributed by atoms with E-state index < -0.39 is 0 Å². The number of carbonyl (C=O) groups excluding carboxylic acids is 2. The van der Waals surface area contributed by atoms with E-state index in [1.54, 1.807) is 23.2 Å². The van der Waals surface area contributed by atoms with Crippen LogP contribution in [-0.2, 0) is 4.74 Å². The van der Waals surface area contributed by atoms with E-state index in [9.17, 15) is 9.59 Å². The van der Waals surface area contributed by atoms with E-state index >= 15 is 0 Å². The molecule has 4 aliphatic heterocycles. The molecule has 2 amide bonds. The van der Waals surface area contributed by atoms with Crippen molar-refractivity contribution in [3.63, 3.8) is 0 Å². The second-order valence-corrected chi connectivity index (χ2v) is 7.84. The molecule has 2 bridgehead atoms. The van der Waals surface area contributed by atoms with E-state index in [1.807, 2.05) is 0 Å². The maximum Gasteiger partial charge on any atom is 0.289 e. The van der Waals surface area contributed by atoms with Crippen LogP contribution in [0.25, 0.3) is 11.0 Å². The number of nitrogens with one attached hydrogen (secondary N) is 1. The van der Waals surface area contributed by atoms with Gasteiger partial charge in [-0.1, -0.05) is 0 Å². The zero-order valence-electron chi connectivity index (χ0n) is 15.7. The van der Waals surface area contributed by atoms with E-state index in [4.69, 9.17) is 9.15 Å². The Hall–Kier alpha value is -2.45. The Morgan fingerprint density at radius 2 is 1.89 bits per heavy atom. The second kappa shape index (κ2) is 7.18. The number of amides is 2. The number of hydrogen-bond donors (Lipinski definition) is 1. The minimum absolute atomic E-state index is 0.155. The van der Waals surface area contributed by atoms with Crippen LogP contribution in [0.5, 0.6) is 0 Å². The Labute approximate surface area is 162 Å². The lowest BCUT2D eigenvalue weighted by Crippen LogP contribution is -2.57. The quantitative estimate of drug-likeness (QED) is 0.853. The van der Waals surface area contributed by atoms with Crippen LogP contribution in [0.3, 0.4) is 0 Å². The third-order valence-electron chi connectivity index (χ3n) is 6.12. The number of piperidine rings is 3. The molecule has 4 saturated heterocycles. The predicted molar refractivity (Wildman–Crippen MR) is 101 cm³/mol. The van der Waals surface area contributed by atoms with E-state index in [2.05, 4.69) is 15.2 Å². The predicted octanol–water partition coefficient (Wildman–Crippen LogP) is 1.12. The van der Waals surface area contributed by atoms with Crippen molar-refractivity contribution in [1.29, 1.82) is 0 Å². The molecule has 0 aliphatic carbocycles. The molecule has 0 spiro atoms. The van der Waals surface area contributed by atoms with E-state index in [0.29, 0.717) is 43.5 Å². The van der Waals surface area contributed by atoms with Crippen molar-refractivity contribution < 1.29 is 18.7 Å². The summed E-state index contributed by atoms with van der Waals surface area (Å²) >= 11 is 0. The SMILES string of the molecule is O=C(NC1CN2CCC1CC2)c1cc2oc(C(=O)N3CCOCC3)cc2cn1. The summed E-state index contributed by atoms with van der Waals surface area (Å²) in [6.45, 7) is 5.37. The van der Waals surface area contributed by atoms with Crippen LogP contribution >= 0.6 is 0 Å². The maximum absolute atomic E-state index is 12.7. The topological polar surface area (TPSA) is 87.9 Å². The second-order valence-electron chi connectivity index (χ2n) is 7.84. The minimum atomic E-state index is -0.182. The van der Waals surface area contributed by atoms with Crippen molar-refractivity contribution >= 4 is 22.8 Å². The number of pyridine rings is 1. The highest BCUT2D eigenvalue weighted by atomic mass is 16.5. The maximum atomic E-state index is 12.7. The molecule has 6 rings (SSSR count). The Bertz CT molecular complexity index is 897. The standard InChI is InChI=1S/C20H24N4O4/c25-19(22-16-12-23-3-1-13(16)2-4-23)15-10-17-14(11-21-15)9-18(28-17)20(26)24-5-7-27-8-6-24/h9-11,13,16H,1-8,12H2,(H,22,25). The van der Waals surface area contributed by atoms with Gasteiger partial charge in [0, 0.05) is 43.3 Å². The Balaban J connectivity index is 1.32. The molecule has 148 valence electrons. The normalized spacial score (nSPS) is 27.1. The van der Waals surface area contributed by atoms with Gasteiger partial charge in [-0.15, -0.1) is 0 Å². The Morgan fingerprint density at radius 3 is 2.61 bits per heavy atom. The fourth-order valence-electron chi connectivity index (χ4n) is 4.46. The van der Waals surface area contributed by atoms with Gasteiger partial charge in [0.15, 0.2) is 5.76 Å². The zero-order chi connectivity index (χ0) is 19.1. The number of hydrogen-bond acceptors (Lipinski definition) is 6. The van der Waals surface area contributed by atoms with Gasteiger partial charge in [-0.05, 0) is 37.9 Å². The smallest absolute Gasteiger partial charge is 0.289 e. The van der Waals surface area contributed by atoms with E-state index in [0.717, 1.165) is 37.9 Å². The van der Waals surface area contributed by atoms with Crippen LogP contribution in [0.2, 0.25) is 0 Å². The number of carbonyl (C=O) groups is 2. The summed E-state index contributed by atoms with van der Waals surface area (Å²) in [6, 6.07) is 3.50. The number of rotatable bonds is 3. The van der Waals surface area contributed by atoms with Crippen molar-refractivity contribution in [2.75, 3.05) is 45.9 Å². The lowest BCUT2D eigenvalue weighted by Gasteiger charge is -2.44. The average molecular weight is 384 g/mol. The zero-order valence-corrected chi connectivity index (χ0v) is 15.7. The summed E-state index contributed by atoms with van der Waals surface area (Å²) in [7, 11) is 0. The van der Waals surface area contributed by atoms with Crippen molar-refractivity contribution in [3.8, 4) is 0 Å². The molecule has 4 aliphatic rings. The fourth-order valence-corrected chi connectivity index (χ4v) is 4.46. The first kappa shape index (κ1) is 17.6. The third-order valence-corrected chi connectivity index (χ3v) is 6.12. The highest BCUT2D eigenvalue weighted by molar-refractivity contribution is 5.98. The van der Waals surface area contributed by atoms with Crippen LogP contribution < -0.4 is 5.32 Å². The first-order chi connectivity index (χ1) is 13.7. The molecule has 1 unspecified atom stereocenters. The van der Waals surface area contributed by atoms with Crippen molar-refractivity contribution in [3.05, 3.63) is 29.8 Å². The number of aromatic nitrogens is 1. The van der Waals surface area contributed by atoms with Crippen LogP contribution in [-0.4, -0.2) is 78.6 Å². The molecule has 0 radical (unpaired) electrons. The number of furan rings is 1. The Kier molecular flexibility index (Phi) is 4.52. The van der Waals surface area contributed by atoms with E-state index in [-0.39, 0.29) is 23.6 Å². The molecule has 1 N–H and O–H groups in total. The molecule has 0 aromatic carbocycles. The largest absolute Gasteiger partial charge is 0.451 e. The van der Waals surface area contributed by atoms with Gasteiger partial charge in [-0.2, -0.15) is 0 Å². The molecule has 2 aromatic heterocycles. The van der Waals surface area contributed by atoms with Gasteiger partial charge >= 0.3 is 0 Å². The summed E-state index contributed by atoms with van der Waals surface area (Å²) in [4.78, 5) is 33.7. The summed E-state index contributed by atoms with van der Waals surface area (Å²) in [5.74, 6) is 0.489. The van der Waals surface area contributed by atoms with Gasteiger partial charge in [-0.3, -0.25) is 14.6 Å². The van der Waals surface area contributed by atoms with Gasteiger partial charge in [0.2, 0.25) is 0 Å². The highest BCUT2D eigenvalue weighted by Crippen LogP contribution is 2.28. The molecule has 28 heavy (non-hydrogen) atoms. The van der Waals surface area contributed by atoms with Gasteiger partial charge in [-0.25, -0.2) is 0 Å². The fraction of sp³-hybridized carbons (Fsp3) is 0.550. The summed E-state index contributed by atoms with van der Waals surface area (Å²) in [5.41, 5.74) is 0.828. The van der Waals surface area contributed by atoms with E-state index in [1.165, 1.54) is 0 Å². The average Bonchev–Trinajstić information content (AvgIpc) is 3.18. The molecule has 6 heterocycles. The number of fused-ring (bicyclic) bond motifs is 4. The monoisotopic (exact) mass is 384 g/mol. The number of morpholine rings is 1. The summed E-state index contributed by atoms with van der Waals surface area (Å²) < 4.78 is 11.0. The van der Waals surface area contributed by atoms with Crippen molar-refractivity contribution in [2.24, 2.45) is 5.92 Å². The van der Waals surface area contributed by atoms with Crippen LogP contribution in [0, 0.1) is 5.92 Å². The van der Waals surface area contributed by atoms with Crippen molar-refractivity contribution in [1.82, 2.24) is 20.1 Å². The van der Waals surface area contributed by atoms with Crippen molar-refractivity contribution in [2.45, 2.75) is 18.9 Å². The lowest BCUT2D eigenvalue weighted by atomic mass is 9.84. The molecule has 0 saturated carbocycles. The molecule has 8 nitrogen and oxygen atoms in total. The summed E-state index contributed by atoms with van der Waals surface area (Å²) in [5, 5.41) is 3.86. The number of nitrogens with zero attached hydrogens (tertiary/aromatic N) is 3. The molecule has 8 heteroatoms. The Morgan fingerprint density at radius 1 is 1.11 bits per heavy atom. The third kappa shape index (κ3) is 3.27. The molecular weight excluding hydrogens is 360 g/mol. The first-order valence-electron chi connectivity index (χ1n) is 9.97. The molecule has 4 fully saturated rings. The highest BCUT2D eigenvalue weighted by Gasteiger charge is 2.35. The van der Waals surface area contributed by atoms with Gasteiger partial charge in [0.25, 0.3) is 11.8 Å². The van der Waals surface area contributed by atoms with Crippen LogP contribution in [0.4, 0.5) is 0 Å². The minimum Gasteiger partial charge on any atom is -0.451 e. The number of ether oxygens (including phenoxy) is 1. The summed E-state index contributed by atoms with van der Waals surface area (Å²) in [6.07, 6.45) is 3.88.